The fraction of sp³-hybridized carbons (Fsp3) is 0.333. The zero-order chi connectivity index (χ0) is 24.2. The largest absolute Gasteiger partial charge is 0.492 e. The summed E-state index contributed by atoms with van der Waals surface area (Å²) in [5, 5.41) is 0. The molecule has 0 spiro atoms. The summed E-state index contributed by atoms with van der Waals surface area (Å²) in [7, 11) is 3.95. The highest BCUT2D eigenvalue weighted by atomic mass is 19.1. The number of anilines is 3. The molecule has 0 saturated carbocycles. The van der Waals surface area contributed by atoms with E-state index < -0.39 is 0 Å². The van der Waals surface area contributed by atoms with Crippen LogP contribution in [0, 0.1) is 5.82 Å². The van der Waals surface area contributed by atoms with Crippen molar-refractivity contribution in [1.82, 2.24) is 9.88 Å². The Labute approximate surface area is 205 Å². The van der Waals surface area contributed by atoms with Gasteiger partial charge in [0, 0.05) is 60.6 Å². The van der Waals surface area contributed by atoms with Gasteiger partial charge in [0.15, 0.2) is 0 Å². The lowest BCUT2D eigenvalue weighted by Crippen LogP contribution is -2.36. The van der Waals surface area contributed by atoms with Crippen LogP contribution in [0.3, 0.4) is 0 Å². The average molecular weight is 476 g/mol. The van der Waals surface area contributed by atoms with Crippen LogP contribution in [-0.2, 0) is 4.74 Å². The summed E-state index contributed by atoms with van der Waals surface area (Å²) in [6, 6.07) is 15.3. The fourth-order valence-electron chi connectivity index (χ4n) is 4.34. The summed E-state index contributed by atoms with van der Waals surface area (Å²) in [4.78, 5) is 15.6. The Morgan fingerprint density at radius 2 is 1.80 bits per heavy atom. The van der Waals surface area contributed by atoms with Gasteiger partial charge in [-0.1, -0.05) is 0 Å². The van der Waals surface area contributed by atoms with E-state index in [0.717, 1.165) is 49.8 Å². The molecular weight excluding hydrogens is 445 g/mol. The second-order valence-corrected chi connectivity index (χ2v) is 8.89. The second kappa shape index (κ2) is 10.4. The standard InChI is InChI=1S/C27H30FN5O2/c1-31(2)11-16-35-23-7-8-24(25(28)17-23)26-27-20(9-10-30-26)18-29-19-33(27)22-5-3-21(4-6-22)32-12-14-34-15-13-32/h3-10,17-18H,11-16,19H2,1-2H3. The van der Waals surface area contributed by atoms with Crippen molar-refractivity contribution >= 4 is 23.3 Å². The highest BCUT2D eigenvalue weighted by Crippen LogP contribution is 2.39. The number of benzene rings is 2. The van der Waals surface area contributed by atoms with Crippen molar-refractivity contribution in [1.29, 1.82) is 0 Å². The van der Waals surface area contributed by atoms with E-state index in [0.29, 0.717) is 30.3 Å². The molecule has 8 heteroatoms. The molecule has 0 N–H and O–H groups in total. The predicted octanol–water partition coefficient (Wildman–Crippen LogP) is 4.19. The smallest absolute Gasteiger partial charge is 0.136 e. The van der Waals surface area contributed by atoms with E-state index in [2.05, 4.69) is 44.0 Å². The molecule has 0 aliphatic carbocycles. The van der Waals surface area contributed by atoms with Gasteiger partial charge >= 0.3 is 0 Å². The van der Waals surface area contributed by atoms with Crippen molar-refractivity contribution in [2.24, 2.45) is 4.99 Å². The molecule has 2 aromatic carbocycles. The number of ether oxygens (including phenoxy) is 2. The normalized spacial score (nSPS) is 15.4. The molecule has 0 radical (unpaired) electrons. The zero-order valence-electron chi connectivity index (χ0n) is 20.2. The van der Waals surface area contributed by atoms with E-state index in [1.165, 1.54) is 11.8 Å². The summed E-state index contributed by atoms with van der Waals surface area (Å²) < 4.78 is 26.5. The highest BCUT2D eigenvalue weighted by molar-refractivity contribution is 5.97. The number of pyridine rings is 1. The van der Waals surface area contributed by atoms with Crippen molar-refractivity contribution in [3.05, 3.63) is 66.1 Å². The van der Waals surface area contributed by atoms with E-state index >= 15 is 4.39 Å². The maximum Gasteiger partial charge on any atom is 0.136 e. The van der Waals surface area contributed by atoms with E-state index in [9.17, 15) is 0 Å². The van der Waals surface area contributed by atoms with Crippen molar-refractivity contribution in [3.63, 3.8) is 0 Å². The summed E-state index contributed by atoms with van der Waals surface area (Å²) in [5.74, 6) is 0.147. The summed E-state index contributed by atoms with van der Waals surface area (Å²) in [6.45, 7) is 4.96. The molecule has 0 atom stereocenters. The van der Waals surface area contributed by atoms with E-state index in [4.69, 9.17) is 9.47 Å². The van der Waals surface area contributed by atoms with Crippen molar-refractivity contribution < 1.29 is 13.9 Å². The topological polar surface area (TPSA) is 53.4 Å². The van der Waals surface area contributed by atoms with Crippen LogP contribution in [0.25, 0.3) is 11.3 Å². The fourth-order valence-corrected chi connectivity index (χ4v) is 4.34. The lowest BCUT2D eigenvalue weighted by atomic mass is 10.0. The van der Waals surface area contributed by atoms with E-state index in [-0.39, 0.29) is 5.82 Å². The number of aliphatic imine (C=N–C) groups is 1. The second-order valence-electron chi connectivity index (χ2n) is 8.89. The molecule has 182 valence electrons. The van der Waals surface area contributed by atoms with Crippen LogP contribution in [0.2, 0.25) is 0 Å². The molecule has 3 heterocycles. The van der Waals surface area contributed by atoms with Crippen LogP contribution in [-0.4, -0.2) is 76.3 Å². The molecule has 3 aromatic rings. The molecule has 0 bridgehead atoms. The lowest BCUT2D eigenvalue weighted by molar-refractivity contribution is 0.122. The average Bonchev–Trinajstić information content (AvgIpc) is 2.89. The quantitative estimate of drug-likeness (QED) is 0.511. The number of rotatable bonds is 7. The third kappa shape index (κ3) is 5.13. The first-order chi connectivity index (χ1) is 17.1. The minimum atomic E-state index is -0.363. The van der Waals surface area contributed by atoms with E-state index in [1.807, 2.05) is 31.3 Å². The number of aromatic nitrogens is 1. The van der Waals surface area contributed by atoms with Gasteiger partial charge in [-0.2, -0.15) is 0 Å². The molecule has 35 heavy (non-hydrogen) atoms. The molecule has 1 saturated heterocycles. The molecule has 2 aliphatic heterocycles. The number of morpholine rings is 1. The van der Waals surface area contributed by atoms with Crippen molar-refractivity contribution in [2.45, 2.75) is 0 Å². The van der Waals surface area contributed by atoms with Gasteiger partial charge in [0.25, 0.3) is 0 Å². The van der Waals surface area contributed by atoms with Crippen LogP contribution < -0.4 is 14.5 Å². The van der Waals surface area contributed by atoms with Gasteiger partial charge in [-0.15, -0.1) is 0 Å². The van der Waals surface area contributed by atoms with Gasteiger partial charge < -0.3 is 24.2 Å². The van der Waals surface area contributed by atoms with Crippen LogP contribution >= 0.6 is 0 Å². The minimum Gasteiger partial charge on any atom is -0.492 e. The monoisotopic (exact) mass is 475 g/mol. The summed E-state index contributed by atoms with van der Waals surface area (Å²) in [5.41, 5.74) is 4.93. The number of nitrogens with zero attached hydrogens (tertiary/aromatic N) is 5. The number of fused-ring (bicyclic) bond motifs is 1. The Morgan fingerprint density at radius 1 is 1.03 bits per heavy atom. The molecule has 5 rings (SSSR count). The van der Waals surface area contributed by atoms with Crippen LogP contribution in [0.1, 0.15) is 5.56 Å². The lowest BCUT2D eigenvalue weighted by Gasteiger charge is -2.31. The maximum absolute atomic E-state index is 15.3. The highest BCUT2D eigenvalue weighted by Gasteiger charge is 2.23. The summed E-state index contributed by atoms with van der Waals surface area (Å²) >= 11 is 0. The summed E-state index contributed by atoms with van der Waals surface area (Å²) in [6.07, 6.45) is 3.53. The third-order valence-corrected chi connectivity index (χ3v) is 6.22. The number of halogens is 1. The van der Waals surface area contributed by atoms with Gasteiger partial charge in [-0.25, -0.2) is 4.39 Å². The Morgan fingerprint density at radius 3 is 2.54 bits per heavy atom. The van der Waals surface area contributed by atoms with Gasteiger partial charge in [-0.3, -0.25) is 9.98 Å². The Kier molecular flexibility index (Phi) is 6.92. The number of hydrogen-bond donors (Lipinski definition) is 0. The van der Waals surface area contributed by atoms with Crippen molar-refractivity contribution in [3.8, 4) is 17.0 Å². The molecule has 2 aliphatic rings. The molecule has 0 amide bonds. The molecule has 7 nitrogen and oxygen atoms in total. The third-order valence-electron chi connectivity index (χ3n) is 6.22. The molecule has 0 unspecified atom stereocenters. The maximum atomic E-state index is 15.3. The zero-order valence-corrected chi connectivity index (χ0v) is 20.2. The first-order valence-corrected chi connectivity index (χ1v) is 11.9. The van der Waals surface area contributed by atoms with E-state index in [1.54, 1.807) is 18.3 Å². The molecule has 1 aromatic heterocycles. The Hall–Kier alpha value is -3.49. The van der Waals surface area contributed by atoms with Gasteiger partial charge in [0.05, 0.1) is 24.6 Å². The Balaban J connectivity index is 1.44. The minimum absolute atomic E-state index is 0.363. The SMILES string of the molecule is CN(C)CCOc1ccc(-c2nccc3c2N(c2ccc(N4CCOCC4)cc2)CN=C3)c(F)c1. The number of hydrogen-bond acceptors (Lipinski definition) is 7. The first kappa shape index (κ1) is 23.3. The van der Waals surface area contributed by atoms with Crippen LogP contribution in [0.4, 0.5) is 21.5 Å². The van der Waals surface area contributed by atoms with Crippen molar-refractivity contribution in [2.75, 3.05) is 70.0 Å². The number of likely N-dealkylation sites (N-methyl/N-ethyl adjacent to an activating group) is 1. The van der Waals surface area contributed by atoms with Gasteiger partial charge in [0.2, 0.25) is 0 Å². The first-order valence-electron chi connectivity index (χ1n) is 11.9. The molecular formula is C27H30FN5O2. The molecule has 1 fully saturated rings. The van der Waals surface area contributed by atoms with Crippen LogP contribution in [0.5, 0.6) is 5.75 Å². The Bertz CT molecular complexity index is 1190. The predicted molar refractivity (Wildman–Crippen MR) is 138 cm³/mol. The van der Waals surface area contributed by atoms with Crippen LogP contribution in [0.15, 0.2) is 59.7 Å². The van der Waals surface area contributed by atoms with Gasteiger partial charge in [0.1, 0.15) is 24.8 Å². The van der Waals surface area contributed by atoms with Gasteiger partial charge in [-0.05, 0) is 56.6 Å².